The van der Waals surface area contributed by atoms with Gasteiger partial charge >= 0.3 is 0 Å². The van der Waals surface area contributed by atoms with E-state index in [1.54, 1.807) is 0 Å². The fraction of sp³-hybridized carbons (Fsp3) is 0.714. The van der Waals surface area contributed by atoms with Crippen molar-refractivity contribution in [1.82, 2.24) is 5.32 Å². The first-order valence-electron chi connectivity index (χ1n) is 10.1. The second-order valence-corrected chi connectivity index (χ2v) is 7.18. The Morgan fingerprint density at radius 2 is 1.85 bits per heavy atom. The van der Waals surface area contributed by atoms with E-state index in [9.17, 15) is 0 Å². The summed E-state index contributed by atoms with van der Waals surface area (Å²) >= 11 is 0. The van der Waals surface area contributed by atoms with Gasteiger partial charge in [0, 0.05) is 25.4 Å². The van der Waals surface area contributed by atoms with Crippen LogP contribution >= 0.6 is 0 Å². The Morgan fingerprint density at radius 3 is 2.54 bits per heavy atom. The molecule has 1 aliphatic heterocycles. The summed E-state index contributed by atoms with van der Waals surface area (Å²) in [5.41, 5.74) is 1.23. The largest absolute Gasteiger partial charge is 0.490 e. The molecule has 1 N–H and O–H groups in total. The Balaban J connectivity index is 1.50. The van der Waals surface area contributed by atoms with Crippen molar-refractivity contribution >= 4 is 0 Å². The van der Waals surface area contributed by atoms with E-state index in [1.807, 2.05) is 13.0 Å². The molecule has 5 nitrogen and oxygen atoms in total. The molecule has 5 heteroatoms. The van der Waals surface area contributed by atoms with Crippen LogP contribution in [0.4, 0.5) is 0 Å². The number of hydrogen-bond acceptors (Lipinski definition) is 5. The van der Waals surface area contributed by atoms with Gasteiger partial charge in [0.2, 0.25) is 0 Å². The monoisotopic (exact) mass is 363 g/mol. The molecule has 2 aliphatic rings. The number of nitrogens with one attached hydrogen (secondary N) is 1. The van der Waals surface area contributed by atoms with Crippen LogP contribution in [0.5, 0.6) is 11.5 Å². The van der Waals surface area contributed by atoms with Gasteiger partial charge in [-0.05, 0) is 43.9 Å². The molecule has 1 saturated heterocycles. The van der Waals surface area contributed by atoms with E-state index in [0.717, 1.165) is 76.4 Å². The second kappa shape index (κ2) is 9.58. The minimum Gasteiger partial charge on any atom is -0.490 e. The van der Waals surface area contributed by atoms with Crippen LogP contribution in [0.3, 0.4) is 0 Å². The average molecular weight is 363 g/mol. The molecule has 1 heterocycles. The number of hydrogen-bond donors (Lipinski definition) is 1. The minimum absolute atomic E-state index is 0.280. The number of rotatable bonds is 9. The molecule has 26 heavy (non-hydrogen) atoms. The predicted molar refractivity (Wildman–Crippen MR) is 102 cm³/mol. The summed E-state index contributed by atoms with van der Waals surface area (Å²) in [5, 5.41) is 3.68. The van der Waals surface area contributed by atoms with E-state index in [1.165, 1.54) is 5.56 Å². The summed E-state index contributed by atoms with van der Waals surface area (Å²) < 4.78 is 23.3. The van der Waals surface area contributed by atoms with Crippen molar-refractivity contribution in [3.05, 3.63) is 23.8 Å². The summed E-state index contributed by atoms with van der Waals surface area (Å²) in [4.78, 5) is 0. The number of benzene rings is 1. The van der Waals surface area contributed by atoms with E-state index in [4.69, 9.17) is 18.9 Å². The lowest BCUT2D eigenvalue weighted by Gasteiger charge is -2.35. The molecular formula is C21H33NO4. The van der Waals surface area contributed by atoms with Gasteiger partial charge < -0.3 is 24.3 Å². The highest BCUT2D eigenvalue weighted by molar-refractivity contribution is 5.43. The third kappa shape index (κ3) is 5.12. The molecule has 0 radical (unpaired) electrons. The predicted octanol–water partition coefficient (Wildman–Crippen LogP) is 4.04. The first-order chi connectivity index (χ1) is 12.7. The van der Waals surface area contributed by atoms with Crippen LogP contribution in [-0.4, -0.2) is 38.3 Å². The molecule has 0 bridgehead atoms. The fourth-order valence-electron chi connectivity index (χ4n) is 3.69. The van der Waals surface area contributed by atoms with Gasteiger partial charge in [0.15, 0.2) is 17.3 Å². The van der Waals surface area contributed by atoms with Crippen LogP contribution in [0.25, 0.3) is 0 Å². The molecule has 0 amide bonds. The van der Waals surface area contributed by atoms with Crippen LogP contribution in [0.1, 0.15) is 57.9 Å². The topological polar surface area (TPSA) is 49.0 Å². The van der Waals surface area contributed by atoms with Gasteiger partial charge in [0.05, 0.1) is 26.4 Å². The quantitative estimate of drug-likeness (QED) is 0.671. The van der Waals surface area contributed by atoms with E-state index >= 15 is 0 Å². The van der Waals surface area contributed by atoms with Gasteiger partial charge in [-0.1, -0.05) is 19.4 Å². The molecule has 0 aromatic heterocycles. The molecule has 1 aliphatic carbocycles. The highest BCUT2D eigenvalue weighted by Crippen LogP contribution is 2.36. The normalized spacial score (nSPS) is 19.8. The van der Waals surface area contributed by atoms with Gasteiger partial charge in [0.25, 0.3) is 0 Å². The standard InChI is InChI=1S/C21H33NO4/c1-3-5-12-24-19-7-6-17(15-20(19)23-4-2)16-22-18-8-10-21(11-9-18)25-13-14-26-21/h6-7,15,18,22H,3-5,8-14,16H2,1-2H3. The molecule has 1 spiro atoms. The van der Waals surface area contributed by atoms with Crippen molar-refractivity contribution in [2.45, 2.75) is 70.7 Å². The first kappa shape index (κ1) is 19.5. The lowest BCUT2D eigenvalue weighted by molar-refractivity contribution is -0.179. The number of unbranched alkanes of at least 4 members (excludes halogenated alkanes) is 1. The van der Waals surface area contributed by atoms with Gasteiger partial charge in [0.1, 0.15) is 0 Å². The van der Waals surface area contributed by atoms with E-state index < -0.39 is 0 Å². The molecule has 1 aromatic carbocycles. The Labute approximate surface area is 157 Å². The molecule has 0 unspecified atom stereocenters. The van der Waals surface area contributed by atoms with Gasteiger partial charge in [-0.15, -0.1) is 0 Å². The Bertz CT molecular complexity index is 547. The summed E-state index contributed by atoms with van der Waals surface area (Å²) in [6.07, 6.45) is 6.35. The van der Waals surface area contributed by atoms with Gasteiger partial charge in [-0.25, -0.2) is 0 Å². The Hall–Kier alpha value is -1.30. The molecular weight excluding hydrogens is 330 g/mol. The van der Waals surface area contributed by atoms with Crippen molar-refractivity contribution < 1.29 is 18.9 Å². The van der Waals surface area contributed by atoms with E-state index in [2.05, 4.69) is 24.4 Å². The first-order valence-corrected chi connectivity index (χ1v) is 10.1. The smallest absolute Gasteiger partial charge is 0.168 e. The lowest BCUT2D eigenvalue weighted by Crippen LogP contribution is -2.41. The number of ether oxygens (including phenoxy) is 4. The van der Waals surface area contributed by atoms with Crippen molar-refractivity contribution in [3.8, 4) is 11.5 Å². The molecule has 1 aromatic rings. The third-order valence-corrected chi connectivity index (χ3v) is 5.22. The molecule has 0 atom stereocenters. The van der Waals surface area contributed by atoms with Crippen LogP contribution in [0, 0.1) is 0 Å². The molecule has 3 rings (SSSR count). The molecule has 1 saturated carbocycles. The highest BCUT2D eigenvalue weighted by Gasteiger charge is 2.40. The molecule has 2 fully saturated rings. The van der Waals surface area contributed by atoms with Crippen molar-refractivity contribution in [1.29, 1.82) is 0 Å². The van der Waals surface area contributed by atoms with Crippen LogP contribution < -0.4 is 14.8 Å². The zero-order valence-corrected chi connectivity index (χ0v) is 16.2. The van der Waals surface area contributed by atoms with E-state index in [-0.39, 0.29) is 5.79 Å². The zero-order chi connectivity index (χ0) is 18.2. The summed E-state index contributed by atoms with van der Waals surface area (Å²) in [5.74, 6) is 1.41. The highest BCUT2D eigenvalue weighted by atomic mass is 16.7. The summed E-state index contributed by atoms with van der Waals surface area (Å²) in [6, 6.07) is 6.79. The Kier molecular flexibility index (Phi) is 7.17. The van der Waals surface area contributed by atoms with Crippen molar-refractivity contribution in [2.75, 3.05) is 26.4 Å². The summed E-state index contributed by atoms with van der Waals surface area (Å²) in [6.45, 7) is 7.88. The second-order valence-electron chi connectivity index (χ2n) is 7.18. The van der Waals surface area contributed by atoms with Gasteiger partial charge in [-0.3, -0.25) is 0 Å². The van der Waals surface area contributed by atoms with Crippen LogP contribution in [0.15, 0.2) is 18.2 Å². The Morgan fingerprint density at radius 1 is 1.08 bits per heavy atom. The maximum Gasteiger partial charge on any atom is 0.168 e. The third-order valence-electron chi connectivity index (χ3n) is 5.22. The minimum atomic E-state index is -0.280. The van der Waals surface area contributed by atoms with Crippen LogP contribution in [0.2, 0.25) is 0 Å². The SMILES string of the molecule is CCCCOc1ccc(CNC2CCC3(CC2)OCCO3)cc1OCC. The lowest BCUT2D eigenvalue weighted by atomic mass is 9.90. The zero-order valence-electron chi connectivity index (χ0n) is 16.2. The maximum atomic E-state index is 5.86. The van der Waals surface area contributed by atoms with E-state index in [0.29, 0.717) is 12.6 Å². The van der Waals surface area contributed by atoms with Crippen molar-refractivity contribution in [3.63, 3.8) is 0 Å². The van der Waals surface area contributed by atoms with Gasteiger partial charge in [-0.2, -0.15) is 0 Å². The molecule has 146 valence electrons. The average Bonchev–Trinajstić information content (AvgIpc) is 3.11. The van der Waals surface area contributed by atoms with Crippen molar-refractivity contribution in [2.24, 2.45) is 0 Å². The fourth-order valence-corrected chi connectivity index (χ4v) is 3.69. The summed E-state index contributed by atoms with van der Waals surface area (Å²) in [7, 11) is 0. The maximum absolute atomic E-state index is 5.86. The van der Waals surface area contributed by atoms with Crippen LogP contribution in [-0.2, 0) is 16.0 Å².